The molecule has 23 heavy (non-hydrogen) atoms. The van der Waals surface area contributed by atoms with Crippen LogP contribution in [0, 0.1) is 6.92 Å². The Morgan fingerprint density at radius 3 is 2.65 bits per heavy atom. The molecule has 1 amide bonds. The molecule has 2 aromatic carbocycles. The first-order chi connectivity index (χ1) is 11.2. The summed E-state index contributed by atoms with van der Waals surface area (Å²) in [6.45, 7) is 4.61. The van der Waals surface area contributed by atoms with Crippen LogP contribution in [0.1, 0.15) is 23.6 Å². The summed E-state index contributed by atoms with van der Waals surface area (Å²) in [5.74, 6) is 0.696. The monoisotopic (exact) mass is 323 g/mol. The number of hydrogen-bond donors (Lipinski definition) is 0. The Hall–Kier alpha value is -2.33. The zero-order valence-corrected chi connectivity index (χ0v) is 13.9. The van der Waals surface area contributed by atoms with Crippen LogP contribution in [-0.4, -0.2) is 17.6 Å². The predicted octanol–water partition coefficient (Wildman–Crippen LogP) is 4.45. The van der Waals surface area contributed by atoms with Crippen molar-refractivity contribution in [2.45, 2.75) is 13.8 Å². The summed E-state index contributed by atoms with van der Waals surface area (Å²) < 4.78 is 5.54. The molecule has 0 N–H and O–H groups in total. The molecule has 1 heterocycles. The lowest BCUT2D eigenvalue weighted by Crippen LogP contribution is -1.94. The number of carbonyl (C=O) groups excluding carboxylic acids is 1. The van der Waals surface area contributed by atoms with Gasteiger partial charge < -0.3 is 4.74 Å². The van der Waals surface area contributed by atoms with Crippen LogP contribution in [-0.2, 0) is 4.79 Å². The fourth-order valence-electron chi connectivity index (χ4n) is 2.34. The Balaban J connectivity index is 1.82. The summed E-state index contributed by atoms with van der Waals surface area (Å²) in [7, 11) is 0. The van der Waals surface area contributed by atoms with Crippen LogP contribution in [0.5, 0.6) is 5.75 Å². The van der Waals surface area contributed by atoms with E-state index in [0.29, 0.717) is 11.5 Å². The van der Waals surface area contributed by atoms with E-state index in [1.165, 1.54) is 11.8 Å². The van der Waals surface area contributed by atoms with Crippen LogP contribution in [0.3, 0.4) is 0 Å². The maximum atomic E-state index is 12.1. The molecule has 0 aliphatic carbocycles. The molecule has 1 aliphatic rings. The fraction of sp³-hybridized carbons (Fsp3) is 0.158. The topological polar surface area (TPSA) is 38.7 Å². The van der Waals surface area contributed by atoms with Gasteiger partial charge in [-0.05, 0) is 43.2 Å². The summed E-state index contributed by atoms with van der Waals surface area (Å²) in [5, 5.41) is 0.754. The van der Waals surface area contributed by atoms with Gasteiger partial charge >= 0.3 is 0 Å². The van der Waals surface area contributed by atoms with E-state index < -0.39 is 0 Å². The standard InChI is InChI=1S/C19H17NO2S/c1-3-22-16-10-9-14(11-13(16)2)12-17-18(21)20-19(23-17)15-7-5-4-6-8-15/h4-12H,3H2,1-2H3. The van der Waals surface area contributed by atoms with Gasteiger partial charge in [0.1, 0.15) is 10.8 Å². The Labute approximate surface area is 140 Å². The molecule has 0 unspecified atom stereocenters. The van der Waals surface area contributed by atoms with Crippen LogP contribution in [0.4, 0.5) is 0 Å². The first kappa shape index (κ1) is 15.6. The average molecular weight is 323 g/mol. The van der Waals surface area contributed by atoms with Crippen molar-refractivity contribution in [2.24, 2.45) is 4.99 Å². The van der Waals surface area contributed by atoms with Gasteiger partial charge in [0.05, 0.1) is 11.5 Å². The highest BCUT2D eigenvalue weighted by molar-refractivity contribution is 8.19. The van der Waals surface area contributed by atoms with Crippen molar-refractivity contribution in [1.29, 1.82) is 0 Å². The second kappa shape index (κ2) is 6.84. The molecule has 4 heteroatoms. The van der Waals surface area contributed by atoms with Crippen LogP contribution >= 0.6 is 11.8 Å². The second-order valence-electron chi connectivity index (χ2n) is 5.16. The van der Waals surface area contributed by atoms with E-state index in [1.54, 1.807) is 0 Å². The van der Waals surface area contributed by atoms with E-state index in [1.807, 2.05) is 68.5 Å². The van der Waals surface area contributed by atoms with E-state index in [-0.39, 0.29) is 5.91 Å². The van der Waals surface area contributed by atoms with Crippen LogP contribution < -0.4 is 4.74 Å². The first-order valence-electron chi connectivity index (χ1n) is 7.49. The van der Waals surface area contributed by atoms with Crippen molar-refractivity contribution >= 4 is 28.8 Å². The third-order valence-electron chi connectivity index (χ3n) is 3.44. The lowest BCUT2D eigenvalue weighted by atomic mass is 10.1. The molecule has 0 aromatic heterocycles. The maximum Gasteiger partial charge on any atom is 0.284 e. The van der Waals surface area contributed by atoms with Gasteiger partial charge in [0.2, 0.25) is 0 Å². The molecule has 0 atom stereocenters. The van der Waals surface area contributed by atoms with Gasteiger partial charge in [-0.2, -0.15) is 0 Å². The molecule has 1 aliphatic heterocycles. The number of amides is 1. The minimum absolute atomic E-state index is 0.180. The minimum Gasteiger partial charge on any atom is -0.494 e. The lowest BCUT2D eigenvalue weighted by Gasteiger charge is -2.07. The fourth-order valence-corrected chi connectivity index (χ4v) is 3.26. The highest BCUT2D eigenvalue weighted by Crippen LogP contribution is 2.32. The Bertz CT molecular complexity index is 794. The van der Waals surface area contributed by atoms with Crippen molar-refractivity contribution in [3.05, 3.63) is 70.1 Å². The molecular formula is C19H17NO2S. The molecule has 3 nitrogen and oxygen atoms in total. The summed E-state index contributed by atoms with van der Waals surface area (Å²) in [5.41, 5.74) is 3.00. The number of hydrogen-bond acceptors (Lipinski definition) is 3. The SMILES string of the molecule is CCOc1ccc(C=C2SC(c3ccccc3)=NC2=O)cc1C. The largest absolute Gasteiger partial charge is 0.494 e. The quantitative estimate of drug-likeness (QED) is 0.780. The van der Waals surface area contributed by atoms with Gasteiger partial charge in [-0.25, -0.2) is 4.99 Å². The van der Waals surface area contributed by atoms with Crippen molar-refractivity contribution in [3.63, 3.8) is 0 Å². The van der Waals surface area contributed by atoms with Gasteiger partial charge in [0, 0.05) is 5.56 Å². The van der Waals surface area contributed by atoms with E-state index in [0.717, 1.165) is 27.5 Å². The van der Waals surface area contributed by atoms with Crippen molar-refractivity contribution in [1.82, 2.24) is 0 Å². The van der Waals surface area contributed by atoms with Crippen LogP contribution in [0.2, 0.25) is 0 Å². The second-order valence-corrected chi connectivity index (χ2v) is 6.19. The molecule has 116 valence electrons. The number of aryl methyl sites for hydroxylation is 1. The number of rotatable bonds is 4. The summed E-state index contributed by atoms with van der Waals surface area (Å²) >= 11 is 1.42. The average Bonchev–Trinajstić information content (AvgIpc) is 2.92. The maximum absolute atomic E-state index is 12.1. The number of nitrogens with zero attached hydrogens (tertiary/aromatic N) is 1. The first-order valence-corrected chi connectivity index (χ1v) is 8.30. The Morgan fingerprint density at radius 1 is 1.17 bits per heavy atom. The number of aliphatic imine (C=N–C) groups is 1. The summed E-state index contributed by atoms with van der Waals surface area (Å²) in [6, 6.07) is 15.7. The highest BCUT2D eigenvalue weighted by Gasteiger charge is 2.22. The van der Waals surface area contributed by atoms with Gasteiger partial charge in [-0.3, -0.25) is 4.79 Å². The van der Waals surface area contributed by atoms with Crippen LogP contribution in [0.25, 0.3) is 6.08 Å². The van der Waals surface area contributed by atoms with E-state index in [2.05, 4.69) is 4.99 Å². The molecular weight excluding hydrogens is 306 g/mol. The van der Waals surface area contributed by atoms with Gasteiger partial charge in [0.25, 0.3) is 5.91 Å². The third-order valence-corrected chi connectivity index (χ3v) is 4.47. The predicted molar refractivity (Wildman–Crippen MR) is 95.9 cm³/mol. The number of ether oxygens (including phenoxy) is 1. The number of thioether (sulfide) groups is 1. The van der Waals surface area contributed by atoms with E-state index in [9.17, 15) is 4.79 Å². The third kappa shape index (κ3) is 3.54. The van der Waals surface area contributed by atoms with Gasteiger partial charge in [0.15, 0.2) is 0 Å². The smallest absolute Gasteiger partial charge is 0.284 e. The zero-order chi connectivity index (χ0) is 16.2. The molecule has 0 saturated heterocycles. The lowest BCUT2D eigenvalue weighted by molar-refractivity contribution is -0.113. The zero-order valence-electron chi connectivity index (χ0n) is 13.1. The molecule has 0 fully saturated rings. The summed E-state index contributed by atoms with van der Waals surface area (Å²) in [4.78, 5) is 16.9. The molecule has 3 rings (SSSR count). The van der Waals surface area contributed by atoms with Gasteiger partial charge in [-0.15, -0.1) is 0 Å². The number of carbonyl (C=O) groups is 1. The molecule has 2 aromatic rings. The molecule has 0 bridgehead atoms. The normalized spacial score (nSPS) is 15.8. The number of benzene rings is 2. The van der Waals surface area contributed by atoms with Crippen molar-refractivity contribution in [3.8, 4) is 5.75 Å². The van der Waals surface area contributed by atoms with Gasteiger partial charge in [-0.1, -0.05) is 48.2 Å². The molecule has 0 saturated carbocycles. The van der Waals surface area contributed by atoms with Crippen molar-refractivity contribution in [2.75, 3.05) is 6.61 Å². The Kier molecular flexibility index (Phi) is 4.63. The van der Waals surface area contributed by atoms with Crippen LogP contribution in [0.15, 0.2) is 58.4 Å². The Morgan fingerprint density at radius 2 is 1.96 bits per heavy atom. The van der Waals surface area contributed by atoms with E-state index >= 15 is 0 Å². The molecule has 0 spiro atoms. The van der Waals surface area contributed by atoms with E-state index in [4.69, 9.17) is 4.74 Å². The molecule has 0 radical (unpaired) electrons. The van der Waals surface area contributed by atoms with Crippen molar-refractivity contribution < 1.29 is 9.53 Å². The summed E-state index contributed by atoms with van der Waals surface area (Å²) in [6.07, 6.45) is 1.88. The highest BCUT2D eigenvalue weighted by atomic mass is 32.2. The minimum atomic E-state index is -0.180.